The summed E-state index contributed by atoms with van der Waals surface area (Å²) in [7, 11) is 0. The van der Waals surface area contributed by atoms with Gasteiger partial charge in [0.1, 0.15) is 6.54 Å². The third-order valence-corrected chi connectivity index (χ3v) is 4.72. The zero-order chi connectivity index (χ0) is 20.1. The van der Waals surface area contributed by atoms with Crippen LogP contribution in [0.25, 0.3) is 11.2 Å². The number of rotatable bonds is 7. The van der Waals surface area contributed by atoms with E-state index in [1.54, 1.807) is 25.3 Å². The maximum absolute atomic E-state index is 12.5. The van der Waals surface area contributed by atoms with Gasteiger partial charge in [-0.3, -0.25) is 23.5 Å². The Balaban J connectivity index is 1.75. The molecule has 3 aromatic rings. The first-order valence-electron chi connectivity index (χ1n) is 9.43. The minimum Gasteiger partial charge on any atom is -0.352 e. The molecule has 0 spiro atoms. The summed E-state index contributed by atoms with van der Waals surface area (Å²) in [5.41, 5.74) is 0.702. The second-order valence-electron chi connectivity index (χ2n) is 6.78. The van der Waals surface area contributed by atoms with E-state index in [4.69, 9.17) is 0 Å². The molecule has 1 N–H and O–H groups in total. The van der Waals surface area contributed by atoms with Gasteiger partial charge in [-0.15, -0.1) is 0 Å². The summed E-state index contributed by atoms with van der Waals surface area (Å²) in [6.07, 6.45) is 3.19. The van der Waals surface area contributed by atoms with Crippen molar-refractivity contribution in [2.45, 2.75) is 45.8 Å². The van der Waals surface area contributed by atoms with Gasteiger partial charge in [-0.1, -0.05) is 30.3 Å². The number of fused-ring (bicyclic) bond motifs is 1. The van der Waals surface area contributed by atoms with Crippen molar-refractivity contribution < 1.29 is 4.79 Å². The fourth-order valence-electron chi connectivity index (χ4n) is 3.26. The predicted octanol–water partition coefficient (Wildman–Crippen LogP) is 1.72. The number of hydrogen-bond acceptors (Lipinski definition) is 4. The Kier molecular flexibility index (Phi) is 6.03. The van der Waals surface area contributed by atoms with Gasteiger partial charge in [-0.2, -0.15) is 0 Å². The van der Waals surface area contributed by atoms with Gasteiger partial charge >= 0.3 is 11.1 Å². The first kappa shape index (κ1) is 19.5. The van der Waals surface area contributed by atoms with Gasteiger partial charge in [0.05, 0.1) is 5.52 Å². The van der Waals surface area contributed by atoms with Crippen LogP contribution in [0.1, 0.15) is 25.8 Å². The van der Waals surface area contributed by atoms with Crippen molar-refractivity contribution in [1.82, 2.24) is 19.4 Å². The molecule has 0 unspecified atom stereocenters. The van der Waals surface area contributed by atoms with Gasteiger partial charge in [0.2, 0.25) is 5.91 Å². The zero-order valence-electron chi connectivity index (χ0n) is 16.1. The lowest BCUT2D eigenvalue weighted by Crippen LogP contribution is -2.45. The Hall–Kier alpha value is -3.22. The molecule has 2 heterocycles. The fraction of sp³-hybridized carbons (Fsp3) is 0.333. The number of pyridine rings is 1. The molecule has 1 amide bonds. The van der Waals surface area contributed by atoms with Crippen molar-refractivity contribution >= 4 is 17.1 Å². The summed E-state index contributed by atoms with van der Waals surface area (Å²) < 4.78 is 2.53. The van der Waals surface area contributed by atoms with Crippen LogP contribution >= 0.6 is 0 Å². The molecule has 3 rings (SSSR count). The lowest BCUT2D eigenvalue weighted by Gasteiger charge is -2.16. The molecule has 0 fully saturated rings. The highest BCUT2D eigenvalue weighted by atomic mass is 16.2. The van der Waals surface area contributed by atoms with Gasteiger partial charge in [-0.25, -0.2) is 4.98 Å². The molecule has 0 aliphatic rings. The number of hydrogen-bond donors (Lipinski definition) is 1. The van der Waals surface area contributed by atoms with Crippen molar-refractivity contribution in [2.75, 3.05) is 0 Å². The Bertz CT molecular complexity index is 1090. The van der Waals surface area contributed by atoms with Crippen LogP contribution in [0.4, 0.5) is 0 Å². The number of benzene rings is 1. The molecule has 0 aliphatic heterocycles. The Morgan fingerprint density at radius 2 is 1.79 bits per heavy atom. The fourth-order valence-corrected chi connectivity index (χ4v) is 3.26. The smallest absolute Gasteiger partial charge is 0.318 e. The van der Waals surface area contributed by atoms with Crippen LogP contribution in [0.15, 0.2) is 58.3 Å². The van der Waals surface area contributed by atoms with E-state index in [1.165, 1.54) is 14.7 Å². The molecule has 0 bridgehead atoms. The number of aromatic nitrogens is 3. The zero-order valence-corrected chi connectivity index (χ0v) is 16.1. The van der Waals surface area contributed by atoms with E-state index >= 15 is 0 Å². The van der Waals surface area contributed by atoms with Gasteiger partial charge in [0.15, 0.2) is 5.65 Å². The minimum absolute atomic E-state index is 0.0520. The molecule has 0 saturated carbocycles. The molecule has 2 aromatic heterocycles. The van der Waals surface area contributed by atoms with E-state index in [0.717, 1.165) is 12.8 Å². The van der Waals surface area contributed by atoms with Crippen molar-refractivity contribution in [3.8, 4) is 0 Å². The van der Waals surface area contributed by atoms with Crippen molar-refractivity contribution in [2.24, 2.45) is 0 Å². The van der Waals surface area contributed by atoms with E-state index in [2.05, 4.69) is 22.4 Å². The molecule has 0 radical (unpaired) electrons. The average Bonchev–Trinajstić information content (AvgIpc) is 2.71. The second-order valence-corrected chi connectivity index (χ2v) is 6.78. The van der Waals surface area contributed by atoms with Crippen LogP contribution in [-0.4, -0.2) is 26.1 Å². The van der Waals surface area contributed by atoms with Crippen LogP contribution < -0.4 is 16.4 Å². The molecule has 28 heavy (non-hydrogen) atoms. The second kappa shape index (κ2) is 8.65. The summed E-state index contributed by atoms with van der Waals surface area (Å²) in [6, 6.07) is 13.4. The maximum Gasteiger partial charge on any atom is 0.318 e. The van der Waals surface area contributed by atoms with Crippen LogP contribution in [-0.2, 0) is 24.3 Å². The lowest BCUT2D eigenvalue weighted by atomic mass is 10.1. The predicted molar refractivity (Wildman–Crippen MR) is 108 cm³/mol. The lowest BCUT2D eigenvalue weighted by molar-refractivity contribution is -0.122. The molecular weight excluding hydrogens is 356 g/mol. The van der Waals surface area contributed by atoms with E-state index in [9.17, 15) is 14.4 Å². The molecule has 0 aliphatic carbocycles. The summed E-state index contributed by atoms with van der Waals surface area (Å²) in [5.74, 6) is -0.304. The highest BCUT2D eigenvalue weighted by molar-refractivity contribution is 5.79. The summed E-state index contributed by atoms with van der Waals surface area (Å²) in [6.45, 7) is 3.83. The van der Waals surface area contributed by atoms with Crippen molar-refractivity contribution in [3.63, 3.8) is 0 Å². The van der Waals surface area contributed by atoms with Crippen LogP contribution in [0.3, 0.4) is 0 Å². The third kappa shape index (κ3) is 4.19. The van der Waals surface area contributed by atoms with E-state index in [0.29, 0.717) is 17.7 Å². The topological polar surface area (TPSA) is 86.0 Å². The van der Waals surface area contributed by atoms with Crippen LogP contribution in [0.2, 0.25) is 0 Å². The van der Waals surface area contributed by atoms with Gasteiger partial charge in [0.25, 0.3) is 0 Å². The quantitative estimate of drug-likeness (QED) is 0.633. The average molecular weight is 380 g/mol. The Morgan fingerprint density at radius 1 is 1.07 bits per heavy atom. The van der Waals surface area contributed by atoms with E-state index in [1.807, 2.05) is 25.1 Å². The molecule has 146 valence electrons. The summed E-state index contributed by atoms with van der Waals surface area (Å²) in [5, 5.41) is 2.91. The van der Waals surface area contributed by atoms with Gasteiger partial charge in [0, 0.05) is 18.8 Å². The molecule has 1 atom stereocenters. The highest BCUT2D eigenvalue weighted by Crippen LogP contribution is 2.08. The van der Waals surface area contributed by atoms with Crippen LogP contribution in [0.5, 0.6) is 0 Å². The highest BCUT2D eigenvalue weighted by Gasteiger charge is 2.16. The monoisotopic (exact) mass is 380 g/mol. The SMILES string of the molecule is CCn1c(=O)c(=O)n(CC(=O)N[C@H](C)CCc2ccccc2)c2cccnc21. The minimum atomic E-state index is -0.713. The number of nitrogens with one attached hydrogen (secondary N) is 1. The molecule has 7 nitrogen and oxygen atoms in total. The number of amides is 1. The molecule has 1 aromatic carbocycles. The number of aryl methyl sites for hydroxylation is 2. The number of carbonyl (C=O) groups excluding carboxylic acids is 1. The van der Waals surface area contributed by atoms with Gasteiger partial charge in [-0.05, 0) is 44.4 Å². The first-order chi connectivity index (χ1) is 13.5. The van der Waals surface area contributed by atoms with Crippen molar-refractivity contribution in [1.29, 1.82) is 0 Å². The molecule has 0 saturated heterocycles. The Morgan fingerprint density at radius 3 is 2.50 bits per heavy atom. The molecular formula is C21H24N4O3. The van der Waals surface area contributed by atoms with E-state index < -0.39 is 11.1 Å². The normalized spacial score (nSPS) is 12.1. The maximum atomic E-state index is 12.5. The first-order valence-corrected chi connectivity index (χ1v) is 9.43. The summed E-state index contributed by atoms with van der Waals surface area (Å²) >= 11 is 0. The summed E-state index contributed by atoms with van der Waals surface area (Å²) in [4.78, 5) is 41.6. The Labute approximate surface area is 162 Å². The van der Waals surface area contributed by atoms with Gasteiger partial charge < -0.3 is 5.32 Å². The standard InChI is InChI=1S/C21H24N4O3/c1-3-24-19-17(10-7-13-22-19)25(21(28)20(24)27)14-18(26)23-15(2)11-12-16-8-5-4-6-9-16/h4-10,13,15H,3,11-12,14H2,1-2H3,(H,23,26)/t15-/m1/s1. The number of carbonyl (C=O) groups is 1. The largest absolute Gasteiger partial charge is 0.352 e. The van der Waals surface area contributed by atoms with Crippen LogP contribution in [0, 0.1) is 0 Å². The van der Waals surface area contributed by atoms with E-state index in [-0.39, 0.29) is 18.5 Å². The number of nitrogens with zero attached hydrogens (tertiary/aromatic N) is 3. The van der Waals surface area contributed by atoms with Crippen molar-refractivity contribution in [3.05, 3.63) is 74.9 Å². The third-order valence-electron chi connectivity index (χ3n) is 4.72. The molecule has 7 heteroatoms.